The van der Waals surface area contributed by atoms with Crippen LogP contribution in [0.3, 0.4) is 0 Å². The van der Waals surface area contributed by atoms with Crippen LogP contribution in [0.1, 0.15) is 44.5 Å². The number of allylic oxidation sites excluding steroid dienone is 6. The Morgan fingerprint density at radius 3 is 1.23 bits per heavy atom. The SMILES string of the molecule is [C-]#[N+]/C(C#N)=C1C2=C(/C(=C(\C#N)[N+]#[C-])c3ccc(-c4cc(C)cc(C(F)(F)F)c4)cc32)c2cc(-c3cc(C)cc(C(F)(F)F)c3)ccc2\1. The molecule has 232 valence electrons. The molecule has 0 amide bonds. The Morgan fingerprint density at radius 2 is 0.917 bits per heavy atom. The van der Waals surface area contributed by atoms with Crippen molar-refractivity contribution >= 4 is 22.3 Å². The summed E-state index contributed by atoms with van der Waals surface area (Å²) in [7, 11) is 0. The van der Waals surface area contributed by atoms with Crippen molar-refractivity contribution in [2.45, 2.75) is 26.2 Å². The van der Waals surface area contributed by atoms with Crippen LogP contribution in [0.5, 0.6) is 0 Å². The predicted octanol–water partition coefficient (Wildman–Crippen LogP) is 10.9. The minimum atomic E-state index is -4.60. The van der Waals surface area contributed by atoms with Crippen molar-refractivity contribution in [2.24, 2.45) is 0 Å². The molecule has 0 heterocycles. The highest BCUT2D eigenvalue weighted by atomic mass is 19.4. The number of rotatable bonds is 2. The van der Waals surface area contributed by atoms with E-state index in [1.807, 2.05) is 12.1 Å². The Morgan fingerprint density at radius 1 is 0.542 bits per heavy atom. The zero-order chi connectivity index (χ0) is 34.7. The average molecular weight is 645 g/mol. The highest BCUT2D eigenvalue weighted by Gasteiger charge is 2.40. The number of hydrogen-bond donors (Lipinski definition) is 0. The molecule has 2 aliphatic carbocycles. The molecule has 4 nitrogen and oxygen atoms in total. The number of fused-ring (bicyclic) bond motifs is 4. The van der Waals surface area contributed by atoms with Gasteiger partial charge in [-0.25, -0.2) is 20.2 Å². The molecule has 0 N–H and O–H groups in total. The maximum absolute atomic E-state index is 13.7. The van der Waals surface area contributed by atoms with Crippen LogP contribution >= 0.6 is 0 Å². The second kappa shape index (κ2) is 11.2. The largest absolute Gasteiger partial charge is 0.416 e. The standard InChI is InChI=1S/C38H18F6N4/c1-19-9-23(13-25(11-19)37(39,40)41)21-5-7-27-29(15-21)35-34(32(18-46)48-4)28-8-6-22(16-30(28)36(35)33(27)31(17-45)47-3)24-10-20(2)12-26(14-24)38(42,43)44/h5-16H,1-2H3/b33-31-,34-32+. The fraction of sp³-hybridized carbons (Fsp3) is 0.105. The molecule has 0 saturated carbocycles. The van der Waals surface area contributed by atoms with Gasteiger partial charge in [-0.1, -0.05) is 36.4 Å². The molecular weight excluding hydrogens is 626 g/mol. The molecule has 10 heteroatoms. The van der Waals surface area contributed by atoms with Gasteiger partial charge in [-0.15, -0.1) is 0 Å². The first-order valence-corrected chi connectivity index (χ1v) is 14.2. The van der Waals surface area contributed by atoms with Crippen molar-refractivity contribution in [1.29, 1.82) is 10.5 Å². The summed E-state index contributed by atoms with van der Waals surface area (Å²) in [5.41, 5.74) is 2.34. The van der Waals surface area contributed by atoms with Gasteiger partial charge in [0.2, 0.25) is 0 Å². The second-order valence-corrected chi connectivity index (χ2v) is 11.3. The van der Waals surface area contributed by atoms with Gasteiger partial charge < -0.3 is 0 Å². The van der Waals surface area contributed by atoms with Crippen LogP contribution in [0.15, 0.2) is 84.2 Å². The van der Waals surface area contributed by atoms with E-state index in [4.69, 9.17) is 13.1 Å². The highest BCUT2D eigenvalue weighted by molar-refractivity contribution is 6.37. The Hall–Kier alpha value is -6.36. The van der Waals surface area contributed by atoms with E-state index in [1.54, 1.807) is 48.5 Å². The number of nitriles is 2. The minimum Gasteiger partial charge on any atom is -0.226 e. The molecule has 0 spiro atoms. The molecule has 0 unspecified atom stereocenters. The molecule has 0 bridgehead atoms. The van der Waals surface area contributed by atoms with Gasteiger partial charge in [0.15, 0.2) is 0 Å². The van der Waals surface area contributed by atoms with Crippen LogP contribution in [0, 0.1) is 49.7 Å². The maximum Gasteiger partial charge on any atom is 0.416 e. The number of hydrogen-bond acceptors (Lipinski definition) is 2. The normalized spacial score (nSPS) is 15.4. The van der Waals surface area contributed by atoms with Gasteiger partial charge in [0, 0.05) is 11.1 Å². The van der Waals surface area contributed by atoms with Crippen molar-refractivity contribution < 1.29 is 26.3 Å². The van der Waals surface area contributed by atoms with E-state index in [1.165, 1.54) is 13.8 Å². The van der Waals surface area contributed by atoms with Crippen LogP contribution in [0.4, 0.5) is 26.3 Å². The van der Waals surface area contributed by atoms with Gasteiger partial charge in [-0.05, 0) is 117 Å². The van der Waals surface area contributed by atoms with Crippen LogP contribution in [0.25, 0.3) is 54.2 Å². The van der Waals surface area contributed by atoms with Crippen LogP contribution in [-0.2, 0) is 12.4 Å². The summed E-state index contributed by atoms with van der Waals surface area (Å²) in [6, 6.07) is 20.6. The predicted molar refractivity (Wildman–Crippen MR) is 168 cm³/mol. The highest BCUT2D eigenvalue weighted by Crippen LogP contribution is 2.60. The Bertz CT molecular complexity index is 2180. The van der Waals surface area contributed by atoms with Crippen molar-refractivity contribution in [3.05, 3.63) is 152 Å². The van der Waals surface area contributed by atoms with Gasteiger partial charge >= 0.3 is 12.4 Å². The number of benzene rings is 4. The van der Waals surface area contributed by atoms with Crippen LogP contribution in [0.2, 0.25) is 0 Å². The lowest BCUT2D eigenvalue weighted by Crippen LogP contribution is -2.05. The first-order valence-electron chi connectivity index (χ1n) is 14.2. The summed E-state index contributed by atoms with van der Waals surface area (Å²) < 4.78 is 82.3. The first-order chi connectivity index (χ1) is 22.7. The second-order valence-electron chi connectivity index (χ2n) is 11.3. The van der Waals surface area contributed by atoms with Crippen molar-refractivity contribution in [1.82, 2.24) is 0 Å². The van der Waals surface area contributed by atoms with Gasteiger partial charge in [-0.3, -0.25) is 0 Å². The van der Waals surface area contributed by atoms with Crippen LogP contribution in [-0.4, -0.2) is 0 Å². The summed E-state index contributed by atoms with van der Waals surface area (Å²) in [6.07, 6.45) is -9.20. The third-order valence-electron chi connectivity index (χ3n) is 8.25. The monoisotopic (exact) mass is 644 g/mol. The fourth-order valence-corrected chi connectivity index (χ4v) is 6.35. The Balaban J connectivity index is 1.67. The molecule has 4 aromatic rings. The number of aryl methyl sites for hydroxylation is 2. The van der Waals surface area contributed by atoms with E-state index in [2.05, 4.69) is 9.69 Å². The molecule has 0 atom stereocenters. The third kappa shape index (κ3) is 5.11. The van der Waals surface area contributed by atoms with Crippen molar-refractivity contribution in [3.63, 3.8) is 0 Å². The molecule has 2 aliphatic rings. The first kappa shape index (κ1) is 31.6. The third-order valence-corrected chi connectivity index (χ3v) is 8.25. The molecule has 0 fully saturated rings. The van der Waals surface area contributed by atoms with E-state index in [0.717, 1.165) is 24.3 Å². The van der Waals surface area contributed by atoms with Crippen molar-refractivity contribution in [3.8, 4) is 34.4 Å². The summed E-state index contributed by atoms with van der Waals surface area (Å²) >= 11 is 0. The molecule has 0 radical (unpaired) electrons. The summed E-state index contributed by atoms with van der Waals surface area (Å²) in [5.74, 6) is 0. The van der Waals surface area contributed by atoms with Gasteiger partial charge in [0.1, 0.15) is 0 Å². The molecule has 0 saturated heterocycles. The van der Waals surface area contributed by atoms with E-state index in [-0.39, 0.29) is 33.7 Å². The van der Waals surface area contributed by atoms with E-state index >= 15 is 0 Å². The maximum atomic E-state index is 13.7. The number of halogens is 6. The molecule has 6 rings (SSSR count). The van der Waals surface area contributed by atoms with Gasteiger partial charge in [0.25, 0.3) is 11.4 Å². The summed E-state index contributed by atoms with van der Waals surface area (Å²) in [6.45, 7) is 18.6. The Labute approximate surface area is 271 Å². The van der Waals surface area contributed by atoms with Gasteiger partial charge in [0.05, 0.1) is 36.4 Å². The van der Waals surface area contributed by atoms with E-state index < -0.39 is 23.5 Å². The molecule has 0 aromatic heterocycles. The quantitative estimate of drug-likeness (QED) is 0.124. The topological polar surface area (TPSA) is 56.3 Å². The number of nitrogens with zero attached hydrogens (tertiary/aromatic N) is 4. The fourth-order valence-electron chi connectivity index (χ4n) is 6.35. The number of alkyl halides is 6. The van der Waals surface area contributed by atoms with Crippen LogP contribution < -0.4 is 0 Å². The zero-order valence-corrected chi connectivity index (χ0v) is 25.0. The molecular formula is C38H18F6N4. The minimum absolute atomic E-state index is 0.195. The smallest absolute Gasteiger partial charge is 0.226 e. The lowest BCUT2D eigenvalue weighted by Gasteiger charge is -2.16. The summed E-state index contributed by atoms with van der Waals surface area (Å²) in [4.78, 5) is 6.87. The molecule has 48 heavy (non-hydrogen) atoms. The molecule has 4 aromatic carbocycles. The van der Waals surface area contributed by atoms with E-state index in [9.17, 15) is 36.9 Å². The Kier molecular flexibility index (Phi) is 7.35. The summed E-state index contributed by atoms with van der Waals surface area (Å²) in [5, 5.41) is 20.0. The average Bonchev–Trinajstić information content (AvgIpc) is 3.53. The zero-order valence-electron chi connectivity index (χ0n) is 25.0. The van der Waals surface area contributed by atoms with Crippen molar-refractivity contribution in [2.75, 3.05) is 0 Å². The molecule has 0 aliphatic heterocycles. The van der Waals surface area contributed by atoms with E-state index in [0.29, 0.717) is 55.7 Å². The lowest BCUT2D eigenvalue weighted by atomic mass is 9.88. The van der Waals surface area contributed by atoms with Gasteiger partial charge in [-0.2, -0.15) is 26.3 Å². The lowest BCUT2D eigenvalue weighted by molar-refractivity contribution is -0.138.